The SMILES string of the molecule is Cc1ccc(S(=O)(=O)N2CCC[C@H]2C(=O)N(Cc2ccc3ccsc3c2)C2CCC(F)(F)CC2)cc1. The van der Waals surface area contributed by atoms with Crippen LogP contribution in [0.2, 0.25) is 0 Å². The van der Waals surface area contributed by atoms with Gasteiger partial charge in [0.05, 0.1) is 4.90 Å². The molecular weight excluding hydrogens is 502 g/mol. The number of carbonyl (C=O) groups is 1. The first-order valence-corrected chi connectivity index (χ1v) is 14.7. The average Bonchev–Trinajstić information content (AvgIpc) is 3.52. The molecule has 1 aliphatic heterocycles. The molecular formula is C27H30F2N2O3S2. The molecule has 1 aromatic heterocycles. The minimum atomic E-state index is -3.86. The highest BCUT2D eigenvalue weighted by molar-refractivity contribution is 7.89. The van der Waals surface area contributed by atoms with Crippen molar-refractivity contribution in [1.29, 1.82) is 0 Å². The van der Waals surface area contributed by atoms with Crippen molar-refractivity contribution in [3.05, 3.63) is 65.0 Å². The van der Waals surface area contributed by atoms with Crippen molar-refractivity contribution >= 4 is 37.4 Å². The van der Waals surface area contributed by atoms with Crippen LogP contribution in [0.25, 0.3) is 10.1 Å². The third-order valence-corrected chi connectivity index (χ3v) is 10.2. The Morgan fingerprint density at radius 1 is 1.08 bits per heavy atom. The van der Waals surface area contributed by atoms with Crippen molar-refractivity contribution in [2.45, 2.75) is 74.9 Å². The van der Waals surface area contributed by atoms with E-state index in [1.807, 2.05) is 36.6 Å². The van der Waals surface area contributed by atoms with Gasteiger partial charge in [-0.15, -0.1) is 11.3 Å². The van der Waals surface area contributed by atoms with Gasteiger partial charge < -0.3 is 4.90 Å². The number of benzene rings is 2. The zero-order valence-corrected chi connectivity index (χ0v) is 21.8. The van der Waals surface area contributed by atoms with Crippen molar-refractivity contribution in [2.24, 2.45) is 0 Å². The largest absolute Gasteiger partial charge is 0.334 e. The fourth-order valence-corrected chi connectivity index (χ4v) is 7.83. The summed E-state index contributed by atoms with van der Waals surface area (Å²) in [4.78, 5) is 15.8. The van der Waals surface area contributed by atoms with Gasteiger partial charge in [-0.1, -0.05) is 29.8 Å². The molecule has 0 unspecified atom stereocenters. The van der Waals surface area contributed by atoms with Crippen LogP contribution in [0, 0.1) is 6.92 Å². The second-order valence-electron chi connectivity index (χ2n) is 9.93. The van der Waals surface area contributed by atoms with E-state index in [9.17, 15) is 22.0 Å². The number of sulfonamides is 1. The summed E-state index contributed by atoms with van der Waals surface area (Å²) >= 11 is 1.61. The Kier molecular flexibility index (Phi) is 6.91. The number of hydrogen-bond donors (Lipinski definition) is 0. The summed E-state index contributed by atoms with van der Waals surface area (Å²) in [6.07, 6.45) is 0.893. The smallest absolute Gasteiger partial charge is 0.248 e. The van der Waals surface area contributed by atoms with Crippen LogP contribution in [0.4, 0.5) is 8.78 Å². The number of aryl methyl sites for hydroxylation is 1. The summed E-state index contributed by atoms with van der Waals surface area (Å²) in [7, 11) is -3.86. The second kappa shape index (κ2) is 9.84. The molecule has 0 bridgehead atoms. The van der Waals surface area contributed by atoms with Crippen molar-refractivity contribution in [1.82, 2.24) is 9.21 Å². The van der Waals surface area contributed by atoms with E-state index < -0.39 is 22.0 Å². The second-order valence-corrected chi connectivity index (χ2v) is 12.8. The molecule has 1 saturated heterocycles. The number of alkyl halides is 2. The molecule has 3 aromatic rings. The van der Waals surface area contributed by atoms with Crippen LogP contribution in [0.1, 0.15) is 49.7 Å². The average molecular weight is 533 g/mol. The highest BCUT2D eigenvalue weighted by Crippen LogP contribution is 2.37. The third-order valence-electron chi connectivity index (χ3n) is 7.40. The first-order chi connectivity index (χ1) is 17.1. The van der Waals surface area contributed by atoms with Crippen LogP contribution in [0.3, 0.4) is 0 Å². The van der Waals surface area contributed by atoms with E-state index in [-0.39, 0.29) is 55.6 Å². The maximum absolute atomic E-state index is 14.0. The van der Waals surface area contributed by atoms with E-state index >= 15 is 0 Å². The molecule has 5 rings (SSSR count). The molecule has 5 nitrogen and oxygen atoms in total. The molecule has 0 radical (unpaired) electrons. The molecule has 0 N–H and O–H groups in total. The molecule has 192 valence electrons. The van der Waals surface area contributed by atoms with Crippen LogP contribution in [0.15, 0.2) is 58.8 Å². The van der Waals surface area contributed by atoms with E-state index in [4.69, 9.17) is 0 Å². The van der Waals surface area contributed by atoms with Gasteiger partial charge in [0.1, 0.15) is 6.04 Å². The molecule has 1 amide bonds. The zero-order valence-electron chi connectivity index (χ0n) is 20.2. The quantitative estimate of drug-likeness (QED) is 0.393. The normalized spacial score (nSPS) is 21.1. The lowest BCUT2D eigenvalue weighted by atomic mass is 9.90. The predicted molar refractivity (Wildman–Crippen MR) is 138 cm³/mol. The van der Waals surface area contributed by atoms with Gasteiger partial charge in [0.25, 0.3) is 0 Å². The van der Waals surface area contributed by atoms with E-state index in [0.717, 1.165) is 21.2 Å². The number of amides is 1. The van der Waals surface area contributed by atoms with Gasteiger partial charge in [0.15, 0.2) is 0 Å². The van der Waals surface area contributed by atoms with E-state index in [2.05, 4.69) is 0 Å². The summed E-state index contributed by atoms with van der Waals surface area (Å²) in [6, 6.07) is 13.5. The Morgan fingerprint density at radius 3 is 2.53 bits per heavy atom. The molecule has 2 heterocycles. The van der Waals surface area contributed by atoms with Crippen LogP contribution in [0.5, 0.6) is 0 Å². The first kappa shape index (κ1) is 25.3. The van der Waals surface area contributed by atoms with E-state index in [0.29, 0.717) is 12.8 Å². The lowest BCUT2D eigenvalue weighted by molar-refractivity contribution is -0.141. The monoisotopic (exact) mass is 532 g/mol. The van der Waals surface area contributed by atoms with E-state index in [1.54, 1.807) is 40.5 Å². The molecule has 1 aliphatic carbocycles. The van der Waals surface area contributed by atoms with Crippen LogP contribution in [-0.4, -0.2) is 48.1 Å². The highest BCUT2D eigenvalue weighted by atomic mass is 32.2. The lowest BCUT2D eigenvalue weighted by Gasteiger charge is -2.39. The lowest BCUT2D eigenvalue weighted by Crippen LogP contribution is -2.52. The number of thiophene rings is 1. The van der Waals surface area contributed by atoms with Gasteiger partial charge in [-0.05, 0) is 73.2 Å². The maximum atomic E-state index is 14.0. The Labute approximate surface area is 214 Å². The van der Waals surface area contributed by atoms with Gasteiger partial charge >= 0.3 is 0 Å². The van der Waals surface area contributed by atoms with Crippen molar-refractivity contribution in [3.8, 4) is 0 Å². The van der Waals surface area contributed by atoms with Crippen LogP contribution in [-0.2, 0) is 21.4 Å². The summed E-state index contributed by atoms with van der Waals surface area (Å²) < 4.78 is 57.3. The molecule has 9 heteroatoms. The van der Waals surface area contributed by atoms with Crippen molar-refractivity contribution < 1.29 is 22.0 Å². The van der Waals surface area contributed by atoms with Gasteiger partial charge in [0.2, 0.25) is 21.9 Å². The predicted octanol–water partition coefficient (Wildman–Crippen LogP) is 5.97. The Hall–Kier alpha value is -2.36. The Bertz CT molecular complexity index is 1340. The molecule has 36 heavy (non-hydrogen) atoms. The van der Waals surface area contributed by atoms with Gasteiger partial charge in [-0.2, -0.15) is 4.31 Å². The van der Waals surface area contributed by atoms with Gasteiger partial charge in [-0.25, -0.2) is 17.2 Å². The summed E-state index contributed by atoms with van der Waals surface area (Å²) in [5, 5.41) is 3.12. The van der Waals surface area contributed by atoms with Crippen molar-refractivity contribution in [2.75, 3.05) is 6.54 Å². The molecule has 2 aliphatic rings. The molecule has 0 spiro atoms. The Balaban J connectivity index is 1.44. The fraction of sp³-hybridized carbons (Fsp3) is 0.444. The number of carbonyl (C=O) groups excluding carboxylic acids is 1. The van der Waals surface area contributed by atoms with Crippen molar-refractivity contribution in [3.63, 3.8) is 0 Å². The molecule has 1 atom stereocenters. The summed E-state index contributed by atoms with van der Waals surface area (Å²) in [6.45, 7) is 2.43. The topological polar surface area (TPSA) is 57.7 Å². The molecule has 1 saturated carbocycles. The summed E-state index contributed by atoms with van der Waals surface area (Å²) in [5.41, 5.74) is 1.87. The number of nitrogens with zero attached hydrogens (tertiary/aromatic N) is 2. The minimum Gasteiger partial charge on any atom is -0.334 e. The first-order valence-electron chi connectivity index (χ1n) is 12.4. The molecule has 2 aromatic carbocycles. The highest BCUT2D eigenvalue weighted by Gasteiger charge is 2.44. The number of rotatable bonds is 6. The number of halogens is 2. The third kappa shape index (κ3) is 5.06. The van der Waals surface area contributed by atoms with Gasteiger partial charge in [-0.3, -0.25) is 4.79 Å². The standard InChI is InChI=1S/C27H30F2N2O3S2/c1-19-4-8-23(9-5-19)36(33,34)31-15-2-3-24(31)26(32)30(22-10-13-27(28,29)14-11-22)18-20-6-7-21-12-16-35-25(21)17-20/h4-9,12,16-17,22,24H,2-3,10-11,13-15,18H2,1H3/t24-/m0/s1. The van der Waals surface area contributed by atoms with Crippen LogP contribution < -0.4 is 0 Å². The van der Waals surface area contributed by atoms with E-state index in [1.165, 1.54) is 4.31 Å². The van der Waals surface area contributed by atoms with Crippen LogP contribution >= 0.6 is 11.3 Å². The maximum Gasteiger partial charge on any atom is 0.248 e. The minimum absolute atomic E-state index is 0.166. The fourth-order valence-electron chi connectivity index (χ4n) is 5.33. The number of fused-ring (bicyclic) bond motifs is 1. The zero-order chi connectivity index (χ0) is 25.5. The summed E-state index contributed by atoms with van der Waals surface area (Å²) in [5.74, 6) is -3.00. The number of hydrogen-bond acceptors (Lipinski definition) is 4. The molecule has 2 fully saturated rings. The Morgan fingerprint density at radius 2 is 1.81 bits per heavy atom. The van der Waals surface area contributed by atoms with Gasteiger partial charge in [0, 0.05) is 36.7 Å².